The highest BCUT2D eigenvalue weighted by Gasteiger charge is 2.20. The summed E-state index contributed by atoms with van der Waals surface area (Å²) in [6.45, 7) is -2.98. The predicted octanol–water partition coefficient (Wildman–Crippen LogP) is 6.12. The van der Waals surface area contributed by atoms with Crippen LogP contribution in [-0.2, 0) is 0 Å². The minimum Gasteiger partial charge on any atom is -0.433 e. The van der Waals surface area contributed by atoms with Crippen LogP contribution in [0, 0.1) is 0 Å². The smallest absolute Gasteiger partial charge is 0.387 e. The van der Waals surface area contributed by atoms with Gasteiger partial charge in [-0.2, -0.15) is 13.9 Å². The topological polar surface area (TPSA) is 39.9 Å². The van der Waals surface area contributed by atoms with E-state index in [0.717, 1.165) is 0 Å². The monoisotopic (exact) mass is 499 g/mol. The maximum Gasteiger partial charge on any atom is 0.387 e. The summed E-state index contributed by atoms with van der Waals surface area (Å²) in [6, 6.07) is 5.89. The molecule has 1 aromatic carbocycles. The Bertz CT molecular complexity index is 905. The maximum atomic E-state index is 12.7. The van der Waals surface area contributed by atoms with Gasteiger partial charge in [-0.05, 0) is 18.2 Å². The first kappa shape index (κ1) is 17.8. The number of pyridine rings is 1. The molecule has 0 unspecified atom stereocenters. The van der Waals surface area contributed by atoms with E-state index >= 15 is 0 Å². The molecule has 3 rings (SSSR count). The zero-order valence-corrected chi connectivity index (χ0v) is 16.2. The summed E-state index contributed by atoms with van der Waals surface area (Å²) in [7, 11) is 0. The number of hydrogen-bond donors (Lipinski definition) is 0. The molecule has 0 atom stereocenters. The number of alkyl halides is 4. The summed E-state index contributed by atoms with van der Waals surface area (Å²) in [5.41, 5.74) is 1.45. The minimum atomic E-state index is -2.98. The number of aromatic nitrogens is 3. The summed E-state index contributed by atoms with van der Waals surface area (Å²) in [5, 5.41) is 5.74. The Morgan fingerprint density at radius 2 is 1.92 bits per heavy atom. The molecule has 0 aliphatic carbocycles. The third-order valence-electron chi connectivity index (χ3n) is 3.13. The molecular formula is C14H7Br2Cl2F2N3O. The Kier molecular flexibility index (Phi) is 5.29. The van der Waals surface area contributed by atoms with Crippen molar-refractivity contribution in [3.63, 3.8) is 0 Å². The Morgan fingerprint density at radius 1 is 1.17 bits per heavy atom. The molecule has 0 saturated heterocycles. The van der Waals surface area contributed by atoms with Crippen LogP contribution in [0.15, 0.2) is 30.5 Å². The molecule has 24 heavy (non-hydrogen) atoms. The van der Waals surface area contributed by atoms with Crippen molar-refractivity contribution in [2.75, 3.05) is 0 Å². The molecule has 10 heteroatoms. The molecule has 4 nitrogen and oxygen atoms in total. The van der Waals surface area contributed by atoms with Crippen molar-refractivity contribution in [2.45, 2.75) is 10.3 Å². The number of rotatable bonds is 4. The van der Waals surface area contributed by atoms with Crippen LogP contribution >= 0.6 is 55.1 Å². The van der Waals surface area contributed by atoms with Gasteiger partial charge in [-0.15, -0.1) is 0 Å². The second-order valence-corrected chi connectivity index (χ2v) is 8.50. The van der Waals surface area contributed by atoms with E-state index in [-0.39, 0.29) is 20.3 Å². The SMILES string of the molecule is FC(F)Oc1ccc(Cl)cc1-n1nc(C(Br)Br)c2cnc(Cl)cc21. The fourth-order valence-electron chi connectivity index (χ4n) is 2.20. The van der Waals surface area contributed by atoms with Gasteiger partial charge in [0.15, 0.2) is 5.75 Å². The molecular weight excluding hydrogens is 495 g/mol. The first-order valence-corrected chi connectivity index (χ1v) is 9.02. The van der Waals surface area contributed by atoms with Gasteiger partial charge in [0.05, 0.1) is 11.2 Å². The van der Waals surface area contributed by atoms with Gasteiger partial charge in [-0.25, -0.2) is 9.67 Å². The number of halogens is 6. The maximum absolute atomic E-state index is 12.7. The van der Waals surface area contributed by atoms with Crippen LogP contribution < -0.4 is 4.74 Å². The fraction of sp³-hybridized carbons (Fsp3) is 0.143. The average Bonchev–Trinajstić information content (AvgIpc) is 2.87. The zero-order valence-electron chi connectivity index (χ0n) is 11.6. The zero-order chi connectivity index (χ0) is 17.4. The third-order valence-corrected chi connectivity index (χ3v) is 4.44. The van der Waals surface area contributed by atoms with Gasteiger partial charge in [-0.1, -0.05) is 55.1 Å². The summed E-state index contributed by atoms with van der Waals surface area (Å²) in [4.78, 5) is 4.04. The van der Waals surface area contributed by atoms with Crippen molar-refractivity contribution in [3.05, 3.63) is 46.3 Å². The third kappa shape index (κ3) is 3.51. The Labute approximate surface area is 162 Å². The summed E-state index contributed by atoms with van der Waals surface area (Å²) in [6.07, 6.45) is 1.56. The quantitative estimate of drug-likeness (QED) is 0.319. The fourth-order valence-corrected chi connectivity index (χ4v) is 3.20. The lowest BCUT2D eigenvalue weighted by molar-refractivity contribution is -0.0498. The molecule has 0 bridgehead atoms. The van der Waals surface area contributed by atoms with Crippen molar-refractivity contribution in [1.29, 1.82) is 0 Å². The number of benzene rings is 1. The van der Waals surface area contributed by atoms with E-state index in [9.17, 15) is 8.78 Å². The lowest BCUT2D eigenvalue weighted by Gasteiger charge is -2.12. The van der Waals surface area contributed by atoms with Crippen molar-refractivity contribution >= 4 is 66.0 Å². The number of fused-ring (bicyclic) bond motifs is 1. The van der Waals surface area contributed by atoms with E-state index in [0.29, 0.717) is 21.6 Å². The summed E-state index contributed by atoms with van der Waals surface area (Å²) < 4.78 is 31.1. The Balaban J connectivity index is 2.30. The normalized spacial score (nSPS) is 11.7. The molecule has 3 aromatic rings. The highest BCUT2D eigenvalue weighted by molar-refractivity contribution is 9.24. The summed E-state index contributed by atoms with van der Waals surface area (Å²) in [5.74, 6) is -0.0565. The lowest BCUT2D eigenvalue weighted by Crippen LogP contribution is -2.07. The number of ether oxygens (including phenoxy) is 1. The second kappa shape index (κ2) is 7.11. The van der Waals surface area contributed by atoms with Crippen LogP contribution in [0.2, 0.25) is 10.2 Å². The van der Waals surface area contributed by atoms with E-state index < -0.39 is 6.61 Å². The average molecular weight is 502 g/mol. The van der Waals surface area contributed by atoms with E-state index in [4.69, 9.17) is 23.2 Å². The molecule has 0 N–H and O–H groups in total. The van der Waals surface area contributed by atoms with Crippen LogP contribution in [0.5, 0.6) is 5.75 Å². The van der Waals surface area contributed by atoms with Crippen LogP contribution in [0.4, 0.5) is 8.78 Å². The lowest BCUT2D eigenvalue weighted by atomic mass is 10.2. The highest BCUT2D eigenvalue weighted by atomic mass is 79.9. The number of nitrogens with zero attached hydrogens (tertiary/aromatic N) is 3. The van der Waals surface area contributed by atoms with E-state index in [1.807, 2.05) is 0 Å². The van der Waals surface area contributed by atoms with Crippen LogP contribution in [0.1, 0.15) is 9.43 Å². The highest BCUT2D eigenvalue weighted by Crippen LogP contribution is 2.37. The van der Waals surface area contributed by atoms with Gasteiger partial charge in [0.25, 0.3) is 0 Å². The van der Waals surface area contributed by atoms with E-state index in [1.54, 1.807) is 12.3 Å². The standard InChI is InChI=1S/C14H7Br2Cl2F2N3O/c15-13(16)12-7-5-21-11(18)4-8(7)23(22-12)9-3-6(17)1-2-10(9)24-14(19)20/h1-5,13-14H. The first-order valence-electron chi connectivity index (χ1n) is 6.44. The van der Waals surface area contributed by atoms with Crippen LogP contribution in [0.25, 0.3) is 16.6 Å². The van der Waals surface area contributed by atoms with Crippen molar-refractivity contribution in [1.82, 2.24) is 14.8 Å². The van der Waals surface area contributed by atoms with Crippen molar-refractivity contribution in [3.8, 4) is 11.4 Å². The summed E-state index contributed by atoms with van der Waals surface area (Å²) >= 11 is 18.8. The van der Waals surface area contributed by atoms with Crippen LogP contribution in [0.3, 0.4) is 0 Å². The predicted molar refractivity (Wildman–Crippen MR) is 96.1 cm³/mol. The van der Waals surface area contributed by atoms with Gasteiger partial charge in [0.2, 0.25) is 0 Å². The van der Waals surface area contributed by atoms with Crippen LogP contribution in [-0.4, -0.2) is 21.4 Å². The molecule has 0 radical (unpaired) electrons. The van der Waals surface area contributed by atoms with Gasteiger partial charge in [-0.3, -0.25) is 0 Å². The van der Waals surface area contributed by atoms with Crippen molar-refractivity contribution < 1.29 is 13.5 Å². The molecule has 0 aliphatic rings. The molecule has 2 heterocycles. The van der Waals surface area contributed by atoms with E-state index in [2.05, 4.69) is 46.7 Å². The Morgan fingerprint density at radius 3 is 2.58 bits per heavy atom. The molecule has 126 valence electrons. The second-order valence-electron chi connectivity index (χ2n) is 4.61. The number of hydrogen-bond acceptors (Lipinski definition) is 3. The van der Waals surface area contributed by atoms with Gasteiger partial charge >= 0.3 is 6.61 Å². The van der Waals surface area contributed by atoms with E-state index in [1.165, 1.54) is 22.9 Å². The first-order chi connectivity index (χ1) is 11.4. The molecule has 0 saturated carbocycles. The molecule has 2 aromatic heterocycles. The molecule has 0 spiro atoms. The largest absolute Gasteiger partial charge is 0.433 e. The van der Waals surface area contributed by atoms with Gasteiger partial charge in [0, 0.05) is 22.7 Å². The minimum absolute atomic E-state index is 0.0565. The van der Waals surface area contributed by atoms with Gasteiger partial charge < -0.3 is 4.74 Å². The molecule has 0 fully saturated rings. The van der Waals surface area contributed by atoms with Gasteiger partial charge in [0.1, 0.15) is 14.6 Å². The molecule has 0 amide bonds. The molecule has 0 aliphatic heterocycles. The Hall–Kier alpha value is -0.960. The van der Waals surface area contributed by atoms with Crippen molar-refractivity contribution in [2.24, 2.45) is 0 Å².